The third-order valence-corrected chi connectivity index (χ3v) is 3.22. The predicted octanol–water partition coefficient (Wildman–Crippen LogP) is -3.28. The molecule has 2 heterocycles. The largest absolute Gasteiger partial charge is 0.469 e. The molecule has 14 heteroatoms. The van der Waals surface area contributed by atoms with Crippen molar-refractivity contribution in [3.63, 3.8) is 0 Å². The van der Waals surface area contributed by atoms with E-state index >= 15 is 0 Å². The third kappa shape index (κ3) is 4.36. The number of aliphatic hydroxyl groups is 2. The van der Waals surface area contributed by atoms with E-state index in [1.54, 1.807) is 0 Å². The molecule has 1 fully saturated rings. The summed E-state index contributed by atoms with van der Waals surface area (Å²) in [6.45, 7) is -0.642. The Morgan fingerprint density at radius 3 is 2.59 bits per heavy atom. The summed E-state index contributed by atoms with van der Waals surface area (Å²) in [6, 6.07) is 0. The molecule has 4 atom stereocenters. The predicted molar refractivity (Wildman–Crippen MR) is 68.2 cm³/mol. The number of nitrogens with zero attached hydrogens (tertiary/aromatic N) is 3. The Hall–Kier alpha value is -0.803. The minimum Gasteiger partial charge on any atom is -0.387 e. The van der Waals surface area contributed by atoms with Gasteiger partial charge in [-0.25, -0.2) is 14.2 Å². The van der Waals surface area contributed by atoms with Gasteiger partial charge in [0.1, 0.15) is 24.6 Å². The van der Waals surface area contributed by atoms with Crippen LogP contribution in [0.3, 0.4) is 0 Å². The van der Waals surface area contributed by atoms with Crippen LogP contribution in [0.25, 0.3) is 0 Å². The number of carbonyl (C=O) groups excluding carboxylic acids is 1. The van der Waals surface area contributed by atoms with Gasteiger partial charge in [-0.05, 0) is 0 Å². The Morgan fingerprint density at radius 1 is 1.45 bits per heavy atom. The molecule has 119 valence electrons. The summed E-state index contributed by atoms with van der Waals surface area (Å²) in [4.78, 5) is 31.6. The zero-order valence-electron chi connectivity index (χ0n) is 11.4. The first-order valence-electron chi connectivity index (χ1n) is 5.61. The molecule has 1 radical (unpaired) electrons. The molecule has 0 aliphatic carbocycles. The Morgan fingerprint density at radius 2 is 2.09 bits per heavy atom. The average Bonchev–Trinajstić information content (AvgIpc) is 2.94. The smallest absolute Gasteiger partial charge is 0.387 e. The van der Waals surface area contributed by atoms with Gasteiger partial charge < -0.3 is 30.5 Å². The molecule has 22 heavy (non-hydrogen) atoms. The molecule has 1 aromatic heterocycles. The van der Waals surface area contributed by atoms with Crippen LogP contribution in [-0.4, -0.2) is 84.5 Å². The number of amides is 1. The standard InChI is InChI=1S/C8H13N4O8P.Li/c9-6(15)7-10-2-12(11-7)8-5(14)4(13)3(20-8)1-19-21(16,17)18;/h2-5,8,13-14H,1H2,(H2,9,15)(H2,16,17,18);/t3-,4-,5-,8-;/m1./s1. The molecule has 0 aromatic carbocycles. The van der Waals surface area contributed by atoms with Crippen molar-refractivity contribution in [3.05, 3.63) is 12.2 Å². The van der Waals surface area contributed by atoms with Crippen LogP contribution in [-0.2, 0) is 13.8 Å². The fourth-order valence-corrected chi connectivity index (χ4v) is 2.11. The van der Waals surface area contributed by atoms with Crippen LogP contribution in [0.2, 0.25) is 0 Å². The number of hydrogen-bond donors (Lipinski definition) is 5. The van der Waals surface area contributed by atoms with Gasteiger partial charge in [0.2, 0.25) is 5.82 Å². The molecule has 0 saturated carbocycles. The summed E-state index contributed by atoms with van der Waals surface area (Å²) < 4.78 is 21.0. The molecule has 0 bridgehead atoms. The van der Waals surface area contributed by atoms with Crippen molar-refractivity contribution in [2.24, 2.45) is 5.73 Å². The van der Waals surface area contributed by atoms with Gasteiger partial charge in [-0.15, -0.1) is 5.10 Å². The van der Waals surface area contributed by atoms with Crippen LogP contribution in [0.5, 0.6) is 0 Å². The average molecular weight is 331 g/mol. The van der Waals surface area contributed by atoms with E-state index in [2.05, 4.69) is 14.6 Å². The molecule has 2 rings (SSSR count). The van der Waals surface area contributed by atoms with E-state index in [0.717, 1.165) is 11.0 Å². The first-order chi connectivity index (χ1) is 9.69. The van der Waals surface area contributed by atoms with Gasteiger partial charge in [0.05, 0.1) is 6.61 Å². The zero-order chi connectivity index (χ0) is 15.8. The van der Waals surface area contributed by atoms with E-state index in [1.807, 2.05) is 0 Å². The number of ether oxygens (including phenoxy) is 1. The number of phosphoric ester groups is 1. The molecular formula is C8H13LiN4O8P. The van der Waals surface area contributed by atoms with Crippen molar-refractivity contribution in [1.82, 2.24) is 14.8 Å². The molecule has 12 nitrogen and oxygen atoms in total. The number of hydrogen-bond acceptors (Lipinski definition) is 8. The van der Waals surface area contributed by atoms with Crippen LogP contribution < -0.4 is 5.73 Å². The van der Waals surface area contributed by atoms with Crippen LogP contribution >= 0.6 is 7.82 Å². The molecule has 0 spiro atoms. The summed E-state index contributed by atoms with van der Waals surface area (Å²) in [5, 5.41) is 23.2. The van der Waals surface area contributed by atoms with Crippen molar-refractivity contribution in [3.8, 4) is 0 Å². The van der Waals surface area contributed by atoms with Crippen molar-refractivity contribution in [2.75, 3.05) is 6.61 Å². The zero-order valence-corrected chi connectivity index (χ0v) is 12.3. The second kappa shape index (κ2) is 7.18. The van der Waals surface area contributed by atoms with Crippen LogP contribution in [0.1, 0.15) is 16.8 Å². The topological polar surface area (TPSA) is 190 Å². The number of phosphoric acid groups is 1. The number of primary amides is 1. The maximum atomic E-state index is 10.9. The van der Waals surface area contributed by atoms with Gasteiger partial charge in [0, 0.05) is 18.9 Å². The summed E-state index contributed by atoms with van der Waals surface area (Å²) in [6.07, 6.45) is -4.27. The van der Waals surface area contributed by atoms with E-state index < -0.39 is 44.9 Å². The minimum atomic E-state index is -4.73. The first-order valence-corrected chi connectivity index (χ1v) is 7.14. The SMILES string of the molecule is NC(=O)c1ncn([C@@H]2O[C@H](COP(=O)(O)O)[C@@H](O)[C@H]2O)n1.[Li]. The second-order valence-electron chi connectivity index (χ2n) is 4.25. The summed E-state index contributed by atoms with van der Waals surface area (Å²) in [7, 11) is -4.73. The number of aliphatic hydroxyl groups excluding tert-OH is 2. The van der Waals surface area contributed by atoms with Crippen LogP contribution in [0, 0.1) is 0 Å². The summed E-state index contributed by atoms with van der Waals surface area (Å²) in [5.41, 5.74) is 4.97. The molecule has 6 N–H and O–H groups in total. The molecule has 0 unspecified atom stereocenters. The third-order valence-electron chi connectivity index (χ3n) is 2.73. The van der Waals surface area contributed by atoms with Crippen molar-refractivity contribution < 1.29 is 38.6 Å². The fourth-order valence-electron chi connectivity index (χ4n) is 1.77. The fraction of sp³-hybridized carbons (Fsp3) is 0.625. The quantitative estimate of drug-likeness (QED) is 0.270. The Kier molecular flexibility index (Phi) is 6.28. The van der Waals surface area contributed by atoms with Gasteiger partial charge >= 0.3 is 7.82 Å². The van der Waals surface area contributed by atoms with Crippen molar-refractivity contribution in [1.29, 1.82) is 0 Å². The Bertz CT molecular complexity index is 578. The molecular weight excluding hydrogens is 318 g/mol. The van der Waals surface area contributed by atoms with Gasteiger partial charge in [0.25, 0.3) is 5.91 Å². The maximum absolute atomic E-state index is 10.9. The number of carbonyl (C=O) groups is 1. The number of aromatic nitrogens is 3. The van der Waals surface area contributed by atoms with Gasteiger partial charge in [-0.1, -0.05) is 0 Å². The summed E-state index contributed by atoms with van der Waals surface area (Å²) in [5.74, 6) is -1.20. The van der Waals surface area contributed by atoms with Crippen molar-refractivity contribution in [2.45, 2.75) is 24.5 Å². The monoisotopic (exact) mass is 331 g/mol. The van der Waals surface area contributed by atoms with Crippen LogP contribution in [0.15, 0.2) is 6.33 Å². The van der Waals surface area contributed by atoms with Gasteiger partial charge in [-0.2, -0.15) is 0 Å². The minimum absolute atomic E-state index is 0. The summed E-state index contributed by atoms with van der Waals surface area (Å²) >= 11 is 0. The Balaban J connectivity index is 0.00000242. The maximum Gasteiger partial charge on any atom is 0.469 e. The molecule has 1 aliphatic heterocycles. The number of rotatable bonds is 5. The molecule has 1 aromatic rings. The second-order valence-corrected chi connectivity index (χ2v) is 5.48. The molecule has 1 saturated heterocycles. The van der Waals surface area contributed by atoms with E-state index in [-0.39, 0.29) is 24.7 Å². The normalized spacial score (nSPS) is 28.4. The van der Waals surface area contributed by atoms with Gasteiger partial charge in [0.15, 0.2) is 6.23 Å². The Labute approximate surface area is 135 Å². The number of nitrogens with two attached hydrogens (primary N) is 1. The van der Waals surface area contributed by atoms with Crippen molar-refractivity contribution >= 4 is 32.6 Å². The van der Waals surface area contributed by atoms with Gasteiger partial charge in [-0.3, -0.25) is 9.32 Å². The van der Waals surface area contributed by atoms with Crippen LogP contribution in [0.4, 0.5) is 0 Å². The van der Waals surface area contributed by atoms with E-state index in [1.165, 1.54) is 0 Å². The van der Waals surface area contributed by atoms with E-state index in [4.69, 9.17) is 20.3 Å². The van der Waals surface area contributed by atoms with E-state index in [9.17, 15) is 19.6 Å². The molecule has 1 amide bonds. The van der Waals surface area contributed by atoms with E-state index in [0.29, 0.717) is 0 Å². The molecule has 1 aliphatic rings. The first kappa shape index (κ1) is 19.2.